The van der Waals surface area contributed by atoms with Gasteiger partial charge in [-0.05, 0) is 19.3 Å². The van der Waals surface area contributed by atoms with Gasteiger partial charge in [-0.15, -0.1) is 11.6 Å². The third-order valence-corrected chi connectivity index (χ3v) is 1.64. The van der Waals surface area contributed by atoms with Gasteiger partial charge < -0.3 is 10.2 Å². The summed E-state index contributed by atoms with van der Waals surface area (Å²) in [6.45, 7) is 3.47. The number of rotatable bonds is 5. The maximum atomic E-state index is 9.10. The van der Waals surface area contributed by atoms with Crippen LogP contribution in [-0.2, 0) is 0 Å². The van der Waals surface area contributed by atoms with Crippen molar-refractivity contribution in [3.8, 4) is 0 Å². The second-order valence-electron chi connectivity index (χ2n) is 2.25. The predicted octanol–water partition coefficient (Wildman–Crippen LogP) is 0.951. The van der Waals surface area contributed by atoms with E-state index in [4.69, 9.17) is 21.8 Å². The third-order valence-electron chi connectivity index (χ3n) is 1.37. The molecule has 0 amide bonds. The summed E-state index contributed by atoms with van der Waals surface area (Å²) < 4.78 is 0. The molecule has 0 aliphatic rings. The van der Waals surface area contributed by atoms with Crippen molar-refractivity contribution < 1.29 is 10.2 Å². The topological polar surface area (TPSA) is 40.5 Å². The van der Waals surface area contributed by atoms with Gasteiger partial charge in [0.2, 0.25) is 0 Å². The maximum Gasteiger partial charge on any atom is 0.0799 e. The summed E-state index contributed by atoms with van der Waals surface area (Å²) >= 11 is 5.39. The average Bonchev–Trinajstić information content (AvgIpc) is 1.98. The molecule has 0 rings (SSSR count). The van der Waals surface area contributed by atoms with E-state index in [2.05, 4.69) is 6.92 Å². The molecule has 0 fully saturated rings. The summed E-state index contributed by atoms with van der Waals surface area (Å²) in [5, 5.41) is 18.1. The molecule has 0 saturated carbocycles. The first-order valence-corrected chi connectivity index (χ1v) is 3.97. The van der Waals surface area contributed by atoms with Gasteiger partial charge in [-0.3, -0.25) is 0 Å². The van der Waals surface area contributed by atoms with Crippen molar-refractivity contribution in [3.05, 3.63) is 6.92 Å². The van der Waals surface area contributed by atoms with Crippen molar-refractivity contribution in [3.63, 3.8) is 0 Å². The van der Waals surface area contributed by atoms with E-state index in [1.54, 1.807) is 0 Å². The summed E-state index contributed by atoms with van der Waals surface area (Å²) in [6.07, 6.45) is 0.295. The van der Waals surface area contributed by atoms with Crippen LogP contribution in [0.5, 0.6) is 0 Å². The lowest BCUT2D eigenvalue weighted by molar-refractivity contribution is 0.0161. The van der Waals surface area contributed by atoms with Crippen LogP contribution < -0.4 is 0 Å². The molecule has 61 valence electrons. The smallest absolute Gasteiger partial charge is 0.0799 e. The summed E-state index contributed by atoms with van der Waals surface area (Å²) in [7, 11) is 0. The summed E-state index contributed by atoms with van der Waals surface area (Å²) in [5.74, 6) is 0.529. The van der Waals surface area contributed by atoms with Crippen LogP contribution in [0.1, 0.15) is 19.3 Å². The molecule has 10 heavy (non-hydrogen) atoms. The van der Waals surface area contributed by atoms with Gasteiger partial charge in [0.05, 0.1) is 12.2 Å². The molecule has 2 N–H and O–H groups in total. The molecule has 0 aromatic carbocycles. The molecule has 3 heteroatoms. The summed E-state index contributed by atoms with van der Waals surface area (Å²) in [4.78, 5) is 0. The van der Waals surface area contributed by atoms with E-state index in [9.17, 15) is 0 Å². The Morgan fingerprint density at radius 3 is 2.30 bits per heavy atom. The second kappa shape index (κ2) is 5.96. The third kappa shape index (κ3) is 4.09. The second-order valence-corrected chi connectivity index (χ2v) is 2.63. The van der Waals surface area contributed by atoms with Gasteiger partial charge in [0, 0.05) is 5.88 Å². The van der Waals surface area contributed by atoms with Gasteiger partial charge in [0.1, 0.15) is 0 Å². The fourth-order valence-corrected chi connectivity index (χ4v) is 0.825. The van der Waals surface area contributed by atoms with E-state index in [1.165, 1.54) is 0 Å². The molecule has 2 nitrogen and oxygen atoms in total. The van der Waals surface area contributed by atoms with E-state index in [0.29, 0.717) is 18.7 Å². The monoisotopic (exact) mass is 165 g/mol. The minimum Gasteiger partial charge on any atom is -0.390 e. The highest BCUT2D eigenvalue weighted by Gasteiger charge is 2.12. The number of aliphatic hydroxyl groups excluding tert-OH is 2. The molecule has 2 atom stereocenters. The SMILES string of the molecule is [CH2]CC(O)C(O)CCCCl. The van der Waals surface area contributed by atoms with E-state index >= 15 is 0 Å². The van der Waals surface area contributed by atoms with Gasteiger partial charge in [0.25, 0.3) is 0 Å². The zero-order chi connectivity index (χ0) is 7.98. The molecule has 0 aromatic rings. The van der Waals surface area contributed by atoms with Crippen molar-refractivity contribution in [1.82, 2.24) is 0 Å². The van der Waals surface area contributed by atoms with E-state index < -0.39 is 12.2 Å². The van der Waals surface area contributed by atoms with E-state index in [1.807, 2.05) is 0 Å². The minimum absolute atomic E-state index is 0.351. The van der Waals surface area contributed by atoms with Crippen molar-refractivity contribution >= 4 is 11.6 Å². The molecular formula is C7H14ClO2. The van der Waals surface area contributed by atoms with Gasteiger partial charge in [-0.1, -0.05) is 6.92 Å². The number of hydrogen-bond donors (Lipinski definition) is 2. The molecule has 0 aliphatic heterocycles. The van der Waals surface area contributed by atoms with Crippen LogP contribution in [0.2, 0.25) is 0 Å². The normalized spacial score (nSPS) is 16.8. The predicted molar refractivity (Wildman–Crippen MR) is 41.9 cm³/mol. The van der Waals surface area contributed by atoms with Crippen molar-refractivity contribution in [1.29, 1.82) is 0 Å². The summed E-state index contributed by atoms with van der Waals surface area (Å²) in [5.41, 5.74) is 0. The number of aliphatic hydroxyl groups is 2. The molecule has 0 aromatic heterocycles. The van der Waals surface area contributed by atoms with Crippen LogP contribution in [0, 0.1) is 6.92 Å². The number of hydrogen-bond acceptors (Lipinski definition) is 2. The van der Waals surface area contributed by atoms with Crippen molar-refractivity contribution in [2.75, 3.05) is 5.88 Å². The van der Waals surface area contributed by atoms with Crippen LogP contribution in [-0.4, -0.2) is 28.3 Å². The van der Waals surface area contributed by atoms with Crippen LogP contribution >= 0.6 is 11.6 Å². The van der Waals surface area contributed by atoms with Gasteiger partial charge in [-0.25, -0.2) is 0 Å². The lowest BCUT2D eigenvalue weighted by Gasteiger charge is -2.14. The Bertz CT molecular complexity index is 78.0. The molecule has 0 aliphatic carbocycles. The van der Waals surface area contributed by atoms with Crippen LogP contribution in [0.4, 0.5) is 0 Å². The Kier molecular flexibility index (Phi) is 6.08. The Morgan fingerprint density at radius 1 is 1.30 bits per heavy atom. The first-order valence-electron chi connectivity index (χ1n) is 3.43. The molecule has 1 radical (unpaired) electrons. The first kappa shape index (κ1) is 10.2. The fraction of sp³-hybridized carbons (Fsp3) is 0.857. The zero-order valence-corrected chi connectivity index (χ0v) is 6.72. The Hall–Kier alpha value is 0.210. The van der Waals surface area contributed by atoms with Crippen LogP contribution in [0.15, 0.2) is 0 Å². The fourth-order valence-electron chi connectivity index (χ4n) is 0.671. The first-order chi connectivity index (χ1) is 4.72. The van der Waals surface area contributed by atoms with Crippen LogP contribution in [0.3, 0.4) is 0 Å². The van der Waals surface area contributed by atoms with E-state index in [0.717, 1.165) is 6.42 Å². The molecule has 0 bridgehead atoms. The Labute approximate surface area is 66.8 Å². The lowest BCUT2D eigenvalue weighted by atomic mass is 10.1. The molecule has 0 heterocycles. The zero-order valence-electron chi connectivity index (χ0n) is 5.96. The molecule has 0 saturated heterocycles. The quantitative estimate of drug-likeness (QED) is 0.596. The average molecular weight is 166 g/mol. The largest absolute Gasteiger partial charge is 0.390 e. The highest BCUT2D eigenvalue weighted by atomic mass is 35.5. The highest BCUT2D eigenvalue weighted by molar-refractivity contribution is 6.17. The van der Waals surface area contributed by atoms with Gasteiger partial charge in [0.15, 0.2) is 0 Å². The number of alkyl halides is 1. The minimum atomic E-state index is -0.691. The lowest BCUT2D eigenvalue weighted by Crippen LogP contribution is -2.24. The Balaban J connectivity index is 3.31. The highest BCUT2D eigenvalue weighted by Crippen LogP contribution is 2.05. The molecule has 2 unspecified atom stereocenters. The van der Waals surface area contributed by atoms with Crippen LogP contribution in [0.25, 0.3) is 0 Å². The van der Waals surface area contributed by atoms with Gasteiger partial charge in [-0.2, -0.15) is 0 Å². The van der Waals surface area contributed by atoms with Gasteiger partial charge >= 0.3 is 0 Å². The Morgan fingerprint density at radius 2 is 1.90 bits per heavy atom. The standard InChI is InChI=1S/C7H14ClO2/c1-2-6(9)7(10)4-3-5-8/h6-7,9-10H,1-5H2. The molecule has 0 spiro atoms. The maximum absolute atomic E-state index is 9.10. The van der Waals surface area contributed by atoms with Crippen molar-refractivity contribution in [2.24, 2.45) is 0 Å². The van der Waals surface area contributed by atoms with E-state index in [-0.39, 0.29) is 0 Å². The summed E-state index contributed by atoms with van der Waals surface area (Å²) in [6, 6.07) is 0. The van der Waals surface area contributed by atoms with Crippen molar-refractivity contribution in [2.45, 2.75) is 31.5 Å². The number of halogens is 1. The molecular weight excluding hydrogens is 152 g/mol.